The summed E-state index contributed by atoms with van der Waals surface area (Å²) < 4.78 is 11.3. The van der Waals surface area contributed by atoms with Crippen molar-refractivity contribution in [1.82, 2.24) is 9.88 Å². The van der Waals surface area contributed by atoms with E-state index in [4.69, 9.17) is 14.7 Å². The van der Waals surface area contributed by atoms with Crippen molar-refractivity contribution in [3.05, 3.63) is 36.5 Å². The highest BCUT2D eigenvalue weighted by Gasteiger charge is 2.18. The standard InChI is InChI=1S/C16H21N3O2/c1-2-3-6-15(13-19-8-10-20-11-9-19)21-16-7-4-5-14(12-17)18-16/h2,4-5,7,15H,1,3,6,8-11,13H2/t15-/m0/s1. The van der Waals surface area contributed by atoms with Crippen LogP contribution in [0.2, 0.25) is 0 Å². The number of ether oxygens (including phenoxy) is 2. The number of allylic oxidation sites excluding steroid dienone is 1. The maximum atomic E-state index is 8.90. The lowest BCUT2D eigenvalue weighted by Crippen LogP contribution is -2.42. The third kappa shape index (κ3) is 5.18. The fraction of sp³-hybridized carbons (Fsp3) is 0.500. The van der Waals surface area contributed by atoms with Gasteiger partial charge in [-0.1, -0.05) is 12.1 Å². The van der Waals surface area contributed by atoms with Crippen LogP contribution >= 0.6 is 0 Å². The summed E-state index contributed by atoms with van der Waals surface area (Å²) in [4.78, 5) is 6.52. The predicted octanol–water partition coefficient (Wildman–Crippen LogP) is 2.00. The monoisotopic (exact) mass is 287 g/mol. The first kappa shape index (κ1) is 15.5. The molecule has 1 aromatic rings. The molecule has 1 fully saturated rings. The number of hydrogen-bond donors (Lipinski definition) is 0. The third-order valence-corrected chi connectivity index (χ3v) is 3.38. The number of aromatic nitrogens is 1. The number of morpholine rings is 1. The summed E-state index contributed by atoms with van der Waals surface area (Å²) >= 11 is 0. The van der Waals surface area contributed by atoms with Crippen molar-refractivity contribution in [3.63, 3.8) is 0 Å². The van der Waals surface area contributed by atoms with Gasteiger partial charge in [-0.15, -0.1) is 6.58 Å². The molecule has 1 aliphatic rings. The van der Waals surface area contributed by atoms with E-state index < -0.39 is 0 Å². The van der Waals surface area contributed by atoms with Gasteiger partial charge in [-0.2, -0.15) is 5.26 Å². The van der Waals surface area contributed by atoms with Gasteiger partial charge in [0.15, 0.2) is 0 Å². The SMILES string of the molecule is C=CCC[C@@H](CN1CCOCC1)Oc1cccc(C#N)n1. The van der Waals surface area contributed by atoms with Gasteiger partial charge < -0.3 is 9.47 Å². The van der Waals surface area contributed by atoms with E-state index in [0.29, 0.717) is 11.6 Å². The maximum Gasteiger partial charge on any atom is 0.214 e. The molecule has 112 valence electrons. The van der Waals surface area contributed by atoms with E-state index in [9.17, 15) is 0 Å². The zero-order valence-corrected chi connectivity index (χ0v) is 12.2. The smallest absolute Gasteiger partial charge is 0.214 e. The Hall–Kier alpha value is -1.90. The van der Waals surface area contributed by atoms with Crippen molar-refractivity contribution in [2.24, 2.45) is 0 Å². The van der Waals surface area contributed by atoms with E-state index in [2.05, 4.69) is 16.5 Å². The third-order valence-electron chi connectivity index (χ3n) is 3.38. The van der Waals surface area contributed by atoms with Crippen molar-refractivity contribution in [1.29, 1.82) is 5.26 Å². The van der Waals surface area contributed by atoms with Gasteiger partial charge in [0.05, 0.1) is 13.2 Å². The molecule has 0 radical (unpaired) electrons. The molecule has 2 heterocycles. The zero-order chi connectivity index (χ0) is 14.9. The number of pyridine rings is 1. The average Bonchev–Trinajstić information content (AvgIpc) is 2.54. The van der Waals surface area contributed by atoms with E-state index in [1.807, 2.05) is 12.1 Å². The predicted molar refractivity (Wildman–Crippen MR) is 80.1 cm³/mol. The number of hydrogen-bond acceptors (Lipinski definition) is 5. The topological polar surface area (TPSA) is 58.4 Å². The minimum Gasteiger partial charge on any atom is -0.473 e. The molecular formula is C16H21N3O2. The summed E-state index contributed by atoms with van der Waals surface area (Å²) in [7, 11) is 0. The molecule has 1 aliphatic heterocycles. The second-order valence-corrected chi connectivity index (χ2v) is 4.99. The molecule has 0 amide bonds. The van der Waals surface area contributed by atoms with Crippen molar-refractivity contribution in [3.8, 4) is 11.9 Å². The van der Waals surface area contributed by atoms with Crippen LogP contribution in [0.5, 0.6) is 5.88 Å². The molecule has 0 saturated carbocycles. The van der Waals surface area contributed by atoms with Crippen molar-refractivity contribution >= 4 is 0 Å². The molecule has 0 unspecified atom stereocenters. The van der Waals surface area contributed by atoms with Crippen LogP contribution in [-0.4, -0.2) is 48.8 Å². The second kappa shape index (κ2) is 8.40. The van der Waals surface area contributed by atoms with E-state index in [1.165, 1.54) is 0 Å². The summed E-state index contributed by atoms with van der Waals surface area (Å²) in [5, 5.41) is 8.90. The Morgan fingerprint density at radius 1 is 1.48 bits per heavy atom. The molecule has 0 bridgehead atoms. The molecule has 0 spiro atoms. The van der Waals surface area contributed by atoms with Crippen molar-refractivity contribution in [2.75, 3.05) is 32.8 Å². The first-order chi connectivity index (χ1) is 10.3. The van der Waals surface area contributed by atoms with Crippen LogP contribution in [0.3, 0.4) is 0 Å². The average molecular weight is 287 g/mol. The largest absolute Gasteiger partial charge is 0.473 e. The number of nitrogens with zero attached hydrogens (tertiary/aromatic N) is 3. The van der Waals surface area contributed by atoms with E-state index in [-0.39, 0.29) is 6.10 Å². The van der Waals surface area contributed by atoms with Crippen LogP contribution in [0.15, 0.2) is 30.9 Å². The summed E-state index contributed by atoms with van der Waals surface area (Å²) in [5.41, 5.74) is 0.376. The summed E-state index contributed by atoms with van der Waals surface area (Å²) in [6.45, 7) is 8.02. The molecule has 2 rings (SSSR count). The Morgan fingerprint density at radius 2 is 2.29 bits per heavy atom. The van der Waals surface area contributed by atoms with Crippen LogP contribution in [0, 0.1) is 11.3 Å². The Labute approximate surface area is 125 Å². The molecule has 0 N–H and O–H groups in total. The molecule has 0 aliphatic carbocycles. The minimum atomic E-state index is 0.0440. The van der Waals surface area contributed by atoms with Gasteiger partial charge in [-0.25, -0.2) is 4.98 Å². The molecule has 1 atom stereocenters. The van der Waals surface area contributed by atoms with Crippen LogP contribution < -0.4 is 4.74 Å². The summed E-state index contributed by atoms with van der Waals surface area (Å²) in [5.74, 6) is 0.511. The maximum absolute atomic E-state index is 8.90. The van der Waals surface area contributed by atoms with Crippen LogP contribution in [0.4, 0.5) is 0 Å². The Balaban J connectivity index is 1.97. The number of nitriles is 1. The van der Waals surface area contributed by atoms with E-state index in [1.54, 1.807) is 18.2 Å². The molecule has 1 saturated heterocycles. The molecular weight excluding hydrogens is 266 g/mol. The van der Waals surface area contributed by atoms with Gasteiger partial charge in [0.2, 0.25) is 5.88 Å². The molecule has 5 heteroatoms. The lowest BCUT2D eigenvalue weighted by Gasteiger charge is -2.30. The van der Waals surface area contributed by atoms with Crippen molar-refractivity contribution < 1.29 is 9.47 Å². The highest BCUT2D eigenvalue weighted by atomic mass is 16.5. The fourth-order valence-corrected chi connectivity index (χ4v) is 2.28. The lowest BCUT2D eigenvalue weighted by atomic mass is 10.1. The summed E-state index contributed by atoms with van der Waals surface area (Å²) in [6, 6.07) is 7.29. The zero-order valence-electron chi connectivity index (χ0n) is 12.2. The van der Waals surface area contributed by atoms with Gasteiger partial charge in [-0.3, -0.25) is 4.90 Å². The van der Waals surface area contributed by atoms with E-state index >= 15 is 0 Å². The van der Waals surface area contributed by atoms with Gasteiger partial charge in [0, 0.05) is 25.7 Å². The highest BCUT2D eigenvalue weighted by Crippen LogP contribution is 2.14. The van der Waals surface area contributed by atoms with Crippen LogP contribution in [0.1, 0.15) is 18.5 Å². The van der Waals surface area contributed by atoms with Gasteiger partial charge >= 0.3 is 0 Å². The molecule has 5 nitrogen and oxygen atoms in total. The minimum absolute atomic E-state index is 0.0440. The first-order valence-electron chi connectivity index (χ1n) is 7.26. The quantitative estimate of drug-likeness (QED) is 0.718. The van der Waals surface area contributed by atoms with E-state index in [0.717, 1.165) is 45.7 Å². The molecule has 1 aromatic heterocycles. The number of rotatable bonds is 7. The van der Waals surface area contributed by atoms with Crippen LogP contribution in [-0.2, 0) is 4.74 Å². The Kier molecular flexibility index (Phi) is 6.20. The van der Waals surface area contributed by atoms with Gasteiger partial charge in [0.1, 0.15) is 17.9 Å². The highest BCUT2D eigenvalue weighted by molar-refractivity contribution is 5.24. The molecule has 0 aromatic carbocycles. The van der Waals surface area contributed by atoms with Crippen LogP contribution in [0.25, 0.3) is 0 Å². The van der Waals surface area contributed by atoms with Gasteiger partial charge in [-0.05, 0) is 18.9 Å². The summed E-state index contributed by atoms with van der Waals surface area (Å²) in [6.07, 6.45) is 3.73. The van der Waals surface area contributed by atoms with Crippen molar-refractivity contribution in [2.45, 2.75) is 18.9 Å². The Bertz CT molecular complexity index is 493. The normalized spacial score (nSPS) is 16.9. The molecule has 21 heavy (non-hydrogen) atoms. The second-order valence-electron chi connectivity index (χ2n) is 4.99. The Morgan fingerprint density at radius 3 is 3.00 bits per heavy atom. The first-order valence-corrected chi connectivity index (χ1v) is 7.26. The lowest BCUT2D eigenvalue weighted by molar-refractivity contribution is 0.0174. The van der Waals surface area contributed by atoms with Gasteiger partial charge in [0.25, 0.3) is 0 Å². The fourth-order valence-electron chi connectivity index (χ4n) is 2.28.